The van der Waals surface area contributed by atoms with Gasteiger partial charge in [0.2, 0.25) is 0 Å². The van der Waals surface area contributed by atoms with Crippen LogP contribution in [0.2, 0.25) is 0 Å². The molecule has 4 heteroatoms. The van der Waals surface area contributed by atoms with Crippen LogP contribution in [-0.4, -0.2) is 8.42 Å². The Morgan fingerprint density at radius 1 is 1.00 bits per heavy atom. The Labute approximate surface area is 114 Å². The summed E-state index contributed by atoms with van der Waals surface area (Å²) in [6.07, 6.45) is 0. The molecule has 0 amide bonds. The summed E-state index contributed by atoms with van der Waals surface area (Å²) in [7, 11) is -3.33. The maximum absolute atomic E-state index is 12.4. The van der Waals surface area contributed by atoms with E-state index in [1.165, 1.54) is 0 Å². The number of hydrogen-bond acceptors (Lipinski definition) is 3. The highest BCUT2D eigenvalue weighted by Crippen LogP contribution is 2.24. The summed E-state index contributed by atoms with van der Waals surface area (Å²) in [4.78, 5) is 0.334. The number of aryl methyl sites for hydroxylation is 2. The number of sulfone groups is 1. The van der Waals surface area contributed by atoms with Crippen molar-refractivity contribution >= 4 is 15.5 Å². The predicted octanol–water partition coefficient (Wildman–Crippen LogP) is 2.86. The van der Waals surface area contributed by atoms with Crippen molar-refractivity contribution in [2.24, 2.45) is 0 Å². The molecule has 0 radical (unpaired) electrons. The second-order valence-electron chi connectivity index (χ2n) is 4.72. The van der Waals surface area contributed by atoms with Gasteiger partial charge in [0.15, 0.2) is 9.84 Å². The van der Waals surface area contributed by atoms with Gasteiger partial charge in [-0.15, -0.1) is 0 Å². The van der Waals surface area contributed by atoms with Crippen LogP contribution in [0.5, 0.6) is 0 Å². The summed E-state index contributed by atoms with van der Waals surface area (Å²) < 4.78 is 24.8. The van der Waals surface area contributed by atoms with Gasteiger partial charge in [-0.25, -0.2) is 8.42 Å². The van der Waals surface area contributed by atoms with E-state index in [9.17, 15) is 8.42 Å². The highest BCUT2D eigenvalue weighted by atomic mass is 32.2. The van der Waals surface area contributed by atoms with Crippen LogP contribution in [0.4, 0.5) is 5.69 Å². The first-order chi connectivity index (χ1) is 8.90. The first-order valence-electron chi connectivity index (χ1n) is 6.03. The Morgan fingerprint density at radius 3 is 2.05 bits per heavy atom. The van der Waals surface area contributed by atoms with E-state index < -0.39 is 9.84 Å². The fourth-order valence-electron chi connectivity index (χ4n) is 1.99. The molecule has 0 aromatic heterocycles. The second-order valence-corrected chi connectivity index (χ2v) is 6.71. The third-order valence-electron chi connectivity index (χ3n) is 3.13. The van der Waals surface area contributed by atoms with Gasteiger partial charge < -0.3 is 5.73 Å². The molecule has 2 aromatic carbocycles. The minimum Gasteiger partial charge on any atom is -0.398 e. The highest BCUT2D eigenvalue weighted by Gasteiger charge is 2.17. The average molecular weight is 275 g/mol. The second kappa shape index (κ2) is 5.05. The molecule has 0 fully saturated rings. The zero-order valence-electron chi connectivity index (χ0n) is 11.1. The number of nitrogen functional groups attached to an aromatic ring is 1. The van der Waals surface area contributed by atoms with Crippen LogP contribution in [0.15, 0.2) is 47.4 Å². The van der Waals surface area contributed by atoms with Crippen molar-refractivity contribution in [3.05, 3.63) is 59.2 Å². The van der Waals surface area contributed by atoms with Gasteiger partial charge in [0.1, 0.15) is 0 Å². The maximum Gasteiger partial charge on any atom is 0.182 e. The fourth-order valence-corrected chi connectivity index (χ4v) is 3.50. The van der Waals surface area contributed by atoms with E-state index >= 15 is 0 Å². The molecular formula is C15H17NO2S. The molecule has 0 unspecified atom stereocenters. The molecule has 2 aromatic rings. The zero-order valence-corrected chi connectivity index (χ0v) is 11.9. The molecule has 0 aliphatic rings. The van der Waals surface area contributed by atoms with Crippen LogP contribution in [0, 0.1) is 13.8 Å². The molecule has 19 heavy (non-hydrogen) atoms. The Bertz CT molecular complexity index is 668. The van der Waals surface area contributed by atoms with Gasteiger partial charge in [0, 0.05) is 5.69 Å². The number of rotatable bonds is 3. The molecule has 3 nitrogen and oxygen atoms in total. The van der Waals surface area contributed by atoms with E-state index in [-0.39, 0.29) is 5.75 Å². The van der Waals surface area contributed by atoms with E-state index in [1.54, 1.807) is 12.1 Å². The average Bonchev–Trinajstić information content (AvgIpc) is 2.36. The van der Waals surface area contributed by atoms with Crippen molar-refractivity contribution in [1.29, 1.82) is 0 Å². The van der Waals surface area contributed by atoms with Gasteiger partial charge in [-0.3, -0.25) is 0 Å². The van der Waals surface area contributed by atoms with E-state index in [0.717, 1.165) is 16.7 Å². The SMILES string of the molecule is Cc1cc(S(=O)(=O)Cc2ccccc2)cc(C)c1N. The van der Waals surface area contributed by atoms with Crippen LogP contribution in [0.25, 0.3) is 0 Å². The lowest BCUT2D eigenvalue weighted by atomic mass is 10.1. The van der Waals surface area contributed by atoms with E-state index in [4.69, 9.17) is 5.73 Å². The summed E-state index contributed by atoms with van der Waals surface area (Å²) in [5.74, 6) is 0.0106. The maximum atomic E-state index is 12.4. The monoisotopic (exact) mass is 275 g/mol. The number of nitrogens with two attached hydrogens (primary N) is 1. The molecular weight excluding hydrogens is 258 g/mol. The minimum absolute atomic E-state index is 0.0106. The van der Waals surface area contributed by atoms with Gasteiger partial charge in [-0.2, -0.15) is 0 Å². The Morgan fingerprint density at radius 2 is 1.53 bits per heavy atom. The lowest BCUT2D eigenvalue weighted by Crippen LogP contribution is -2.07. The molecule has 0 saturated heterocycles. The molecule has 2 rings (SSSR count). The molecule has 0 aliphatic heterocycles. The molecule has 0 spiro atoms. The van der Waals surface area contributed by atoms with Gasteiger partial charge >= 0.3 is 0 Å². The van der Waals surface area contributed by atoms with Gasteiger partial charge in [-0.05, 0) is 42.7 Å². The molecule has 0 bridgehead atoms. The molecule has 2 N–H and O–H groups in total. The standard InChI is InChI=1S/C15H17NO2S/c1-11-8-14(9-12(2)15(11)16)19(17,18)10-13-6-4-3-5-7-13/h3-9H,10,16H2,1-2H3. The summed E-state index contributed by atoms with van der Waals surface area (Å²) in [5.41, 5.74) is 8.89. The van der Waals surface area contributed by atoms with Crippen molar-refractivity contribution in [3.8, 4) is 0 Å². The Balaban J connectivity index is 2.40. The first-order valence-corrected chi connectivity index (χ1v) is 7.69. The van der Waals surface area contributed by atoms with E-state index in [0.29, 0.717) is 10.6 Å². The molecule has 0 atom stereocenters. The largest absolute Gasteiger partial charge is 0.398 e. The minimum atomic E-state index is -3.33. The lowest BCUT2D eigenvalue weighted by molar-refractivity contribution is 0.595. The fraction of sp³-hybridized carbons (Fsp3) is 0.200. The van der Waals surface area contributed by atoms with Crippen LogP contribution < -0.4 is 5.73 Å². The third-order valence-corrected chi connectivity index (χ3v) is 4.79. The zero-order chi connectivity index (χ0) is 14.0. The van der Waals surface area contributed by atoms with Crippen molar-refractivity contribution in [3.63, 3.8) is 0 Å². The summed E-state index contributed by atoms with van der Waals surface area (Å²) >= 11 is 0. The Kier molecular flexibility index (Phi) is 3.62. The first kappa shape index (κ1) is 13.6. The van der Waals surface area contributed by atoms with Crippen molar-refractivity contribution < 1.29 is 8.42 Å². The van der Waals surface area contributed by atoms with Crippen molar-refractivity contribution in [2.75, 3.05) is 5.73 Å². The van der Waals surface area contributed by atoms with Crippen LogP contribution >= 0.6 is 0 Å². The third kappa shape index (κ3) is 2.96. The number of hydrogen-bond donors (Lipinski definition) is 1. The molecule has 0 saturated carbocycles. The Hall–Kier alpha value is -1.81. The van der Waals surface area contributed by atoms with Gasteiger partial charge in [0.25, 0.3) is 0 Å². The van der Waals surface area contributed by atoms with Crippen molar-refractivity contribution in [1.82, 2.24) is 0 Å². The quantitative estimate of drug-likeness (QED) is 0.876. The smallest absolute Gasteiger partial charge is 0.182 e. The summed E-state index contributed by atoms with van der Waals surface area (Å²) in [5, 5.41) is 0. The number of benzene rings is 2. The van der Waals surface area contributed by atoms with Gasteiger partial charge in [0.05, 0.1) is 10.6 Å². The molecule has 100 valence electrons. The normalized spacial score (nSPS) is 11.5. The predicted molar refractivity (Wildman–Crippen MR) is 77.7 cm³/mol. The number of anilines is 1. The van der Waals surface area contributed by atoms with Crippen LogP contribution in [-0.2, 0) is 15.6 Å². The lowest BCUT2D eigenvalue weighted by Gasteiger charge is -2.10. The van der Waals surface area contributed by atoms with Crippen LogP contribution in [0.3, 0.4) is 0 Å². The highest BCUT2D eigenvalue weighted by molar-refractivity contribution is 7.90. The van der Waals surface area contributed by atoms with Crippen molar-refractivity contribution in [2.45, 2.75) is 24.5 Å². The molecule has 0 aliphatic carbocycles. The van der Waals surface area contributed by atoms with E-state index in [2.05, 4.69) is 0 Å². The van der Waals surface area contributed by atoms with E-state index in [1.807, 2.05) is 44.2 Å². The van der Waals surface area contributed by atoms with Crippen LogP contribution in [0.1, 0.15) is 16.7 Å². The summed E-state index contributed by atoms with van der Waals surface area (Å²) in [6.45, 7) is 3.65. The molecule has 0 heterocycles. The van der Waals surface area contributed by atoms with Gasteiger partial charge in [-0.1, -0.05) is 30.3 Å². The topological polar surface area (TPSA) is 60.2 Å². The summed E-state index contributed by atoms with van der Waals surface area (Å²) in [6, 6.07) is 12.5.